The van der Waals surface area contributed by atoms with Crippen LogP contribution in [0.1, 0.15) is 37.4 Å². The summed E-state index contributed by atoms with van der Waals surface area (Å²) in [7, 11) is 0. The smallest absolute Gasteiger partial charge is 0.0459 e. The highest BCUT2D eigenvalue weighted by molar-refractivity contribution is 6.31. The average Bonchev–Trinajstić information content (AvgIpc) is 2.45. The zero-order valence-corrected chi connectivity index (χ0v) is 13.2. The fourth-order valence-electron chi connectivity index (χ4n) is 2.41. The molecule has 2 rings (SSSR count). The third-order valence-corrected chi connectivity index (χ3v) is 3.95. The monoisotopic (exact) mass is 287 g/mol. The summed E-state index contributed by atoms with van der Waals surface area (Å²) in [6, 6.07) is 15.0. The predicted octanol–water partition coefficient (Wildman–Crippen LogP) is 5.38. The Labute approximate surface area is 127 Å². The van der Waals surface area contributed by atoms with Crippen molar-refractivity contribution in [2.75, 3.05) is 6.54 Å². The van der Waals surface area contributed by atoms with E-state index in [-0.39, 0.29) is 6.04 Å². The average molecular weight is 288 g/mol. The molecule has 1 unspecified atom stereocenters. The van der Waals surface area contributed by atoms with E-state index in [0.717, 1.165) is 23.6 Å². The first-order valence-electron chi connectivity index (χ1n) is 7.22. The van der Waals surface area contributed by atoms with Crippen molar-refractivity contribution in [3.05, 3.63) is 58.6 Å². The van der Waals surface area contributed by atoms with Crippen molar-refractivity contribution in [2.24, 2.45) is 0 Å². The van der Waals surface area contributed by atoms with Gasteiger partial charge in [-0.2, -0.15) is 0 Å². The fraction of sp³-hybridized carbons (Fsp3) is 0.333. The number of hydrogen-bond acceptors (Lipinski definition) is 1. The standard InChI is InChI=1S/C18H22ClN/c1-4-11-20-14(3)17-10-9-15(12-18(17)19)16-8-6-5-7-13(16)2/h5-10,12,14,20H,4,11H2,1-3H3. The van der Waals surface area contributed by atoms with E-state index in [1.165, 1.54) is 16.7 Å². The van der Waals surface area contributed by atoms with Gasteiger partial charge in [0.05, 0.1) is 0 Å². The van der Waals surface area contributed by atoms with Gasteiger partial charge in [0.2, 0.25) is 0 Å². The second-order valence-electron chi connectivity index (χ2n) is 5.23. The normalized spacial score (nSPS) is 12.4. The Morgan fingerprint density at radius 2 is 1.90 bits per heavy atom. The SMILES string of the molecule is CCCNC(C)c1ccc(-c2ccccc2C)cc1Cl. The summed E-state index contributed by atoms with van der Waals surface area (Å²) in [5.41, 5.74) is 4.86. The Morgan fingerprint density at radius 1 is 1.15 bits per heavy atom. The molecule has 1 atom stereocenters. The maximum atomic E-state index is 6.47. The number of halogens is 1. The second-order valence-corrected chi connectivity index (χ2v) is 5.63. The molecule has 0 saturated heterocycles. The zero-order chi connectivity index (χ0) is 14.5. The second kappa shape index (κ2) is 6.92. The lowest BCUT2D eigenvalue weighted by molar-refractivity contribution is 0.571. The van der Waals surface area contributed by atoms with Gasteiger partial charge < -0.3 is 5.32 Å². The van der Waals surface area contributed by atoms with Crippen molar-refractivity contribution in [3.63, 3.8) is 0 Å². The van der Waals surface area contributed by atoms with Crippen molar-refractivity contribution >= 4 is 11.6 Å². The van der Waals surface area contributed by atoms with Gasteiger partial charge in [-0.05, 0) is 55.1 Å². The highest BCUT2D eigenvalue weighted by atomic mass is 35.5. The molecule has 2 heteroatoms. The van der Waals surface area contributed by atoms with Crippen molar-refractivity contribution in [1.29, 1.82) is 0 Å². The van der Waals surface area contributed by atoms with E-state index < -0.39 is 0 Å². The van der Waals surface area contributed by atoms with E-state index in [1.54, 1.807) is 0 Å². The zero-order valence-electron chi connectivity index (χ0n) is 12.4. The lowest BCUT2D eigenvalue weighted by Gasteiger charge is -2.16. The summed E-state index contributed by atoms with van der Waals surface area (Å²) in [4.78, 5) is 0. The lowest BCUT2D eigenvalue weighted by atomic mass is 9.98. The van der Waals surface area contributed by atoms with Crippen LogP contribution in [0.25, 0.3) is 11.1 Å². The Bertz CT molecular complexity index is 577. The molecule has 0 aromatic heterocycles. The van der Waals surface area contributed by atoms with Gasteiger partial charge in [0.1, 0.15) is 0 Å². The summed E-state index contributed by atoms with van der Waals surface area (Å²) >= 11 is 6.47. The van der Waals surface area contributed by atoms with E-state index in [9.17, 15) is 0 Å². The Kier molecular flexibility index (Phi) is 5.22. The molecule has 0 fully saturated rings. The minimum Gasteiger partial charge on any atom is -0.310 e. The summed E-state index contributed by atoms with van der Waals surface area (Å²) in [5, 5.41) is 4.31. The van der Waals surface area contributed by atoms with Crippen molar-refractivity contribution in [1.82, 2.24) is 5.32 Å². The van der Waals surface area contributed by atoms with Crippen molar-refractivity contribution in [2.45, 2.75) is 33.2 Å². The minimum absolute atomic E-state index is 0.286. The molecule has 2 aromatic carbocycles. The third-order valence-electron chi connectivity index (χ3n) is 3.62. The van der Waals surface area contributed by atoms with Crippen LogP contribution in [0.2, 0.25) is 5.02 Å². The van der Waals surface area contributed by atoms with Gasteiger partial charge in [0.25, 0.3) is 0 Å². The Balaban J connectivity index is 2.28. The van der Waals surface area contributed by atoms with E-state index in [2.05, 4.69) is 68.6 Å². The topological polar surface area (TPSA) is 12.0 Å². The first-order chi connectivity index (χ1) is 9.63. The number of aryl methyl sites for hydroxylation is 1. The van der Waals surface area contributed by atoms with Gasteiger partial charge >= 0.3 is 0 Å². The summed E-state index contributed by atoms with van der Waals surface area (Å²) in [5.74, 6) is 0. The van der Waals surface area contributed by atoms with Gasteiger partial charge in [0.15, 0.2) is 0 Å². The Hall–Kier alpha value is -1.31. The first-order valence-corrected chi connectivity index (χ1v) is 7.60. The molecule has 0 radical (unpaired) electrons. The van der Waals surface area contributed by atoms with Crippen LogP contribution in [-0.4, -0.2) is 6.54 Å². The largest absolute Gasteiger partial charge is 0.310 e. The van der Waals surface area contributed by atoms with Crippen LogP contribution in [0.4, 0.5) is 0 Å². The van der Waals surface area contributed by atoms with E-state index >= 15 is 0 Å². The molecule has 0 amide bonds. The summed E-state index contributed by atoms with van der Waals surface area (Å²) in [6.07, 6.45) is 1.13. The number of benzene rings is 2. The fourth-order valence-corrected chi connectivity index (χ4v) is 2.76. The molecule has 1 N–H and O–H groups in total. The molecule has 0 saturated carbocycles. The van der Waals surface area contributed by atoms with Crippen molar-refractivity contribution < 1.29 is 0 Å². The van der Waals surface area contributed by atoms with E-state index in [0.29, 0.717) is 0 Å². The van der Waals surface area contributed by atoms with Crippen LogP contribution < -0.4 is 5.32 Å². The van der Waals surface area contributed by atoms with Gasteiger partial charge in [-0.1, -0.05) is 54.9 Å². The maximum absolute atomic E-state index is 6.47. The summed E-state index contributed by atoms with van der Waals surface area (Å²) in [6.45, 7) is 7.46. The molecule has 20 heavy (non-hydrogen) atoms. The number of nitrogens with one attached hydrogen (secondary N) is 1. The Morgan fingerprint density at radius 3 is 2.55 bits per heavy atom. The molecule has 0 aliphatic carbocycles. The molecule has 0 aliphatic rings. The van der Waals surface area contributed by atoms with Crippen LogP contribution in [0.15, 0.2) is 42.5 Å². The first kappa shape index (κ1) is 15.1. The third kappa shape index (κ3) is 3.41. The number of hydrogen-bond donors (Lipinski definition) is 1. The molecule has 0 spiro atoms. The van der Waals surface area contributed by atoms with Gasteiger partial charge in [-0.3, -0.25) is 0 Å². The number of rotatable bonds is 5. The molecule has 0 heterocycles. The minimum atomic E-state index is 0.286. The van der Waals surface area contributed by atoms with Crippen LogP contribution in [0, 0.1) is 6.92 Å². The van der Waals surface area contributed by atoms with Crippen LogP contribution >= 0.6 is 11.6 Å². The predicted molar refractivity (Wildman–Crippen MR) is 88.3 cm³/mol. The van der Waals surface area contributed by atoms with Gasteiger partial charge in [-0.15, -0.1) is 0 Å². The van der Waals surface area contributed by atoms with Crippen LogP contribution in [0.3, 0.4) is 0 Å². The highest BCUT2D eigenvalue weighted by Gasteiger charge is 2.10. The van der Waals surface area contributed by atoms with Gasteiger partial charge in [0, 0.05) is 11.1 Å². The van der Waals surface area contributed by atoms with E-state index in [4.69, 9.17) is 11.6 Å². The molecule has 0 aliphatic heterocycles. The summed E-state index contributed by atoms with van der Waals surface area (Å²) < 4.78 is 0. The molecule has 0 bridgehead atoms. The van der Waals surface area contributed by atoms with Crippen molar-refractivity contribution in [3.8, 4) is 11.1 Å². The molecule has 106 valence electrons. The molecule has 1 nitrogen and oxygen atoms in total. The highest BCUT2D eigenvalue weighted by Crippen LogP contribution is 2.30. The maximum Gasteiger partial charge on any atom is 0.0459 e. The lowest BCUT2D eigenvalue weighted by Crippen LogP contribution is -2.19. The molecular weight excluding hydrogens is 266 g/mol. The molecular formula is C18H22ClN. The van der Waals surface area contributed by atoms with Crippen LogP contribution in [-0.2, 0) is 0 Å². The quantitative estimate of drug-likeness (QED) is 0.779. The van der Waals surface area contributed by atoms with Crippen LogP contribution in [0.5, 0.6) is 0 Å². The molecule has 2 aromatic rings. The van der Waals surface area contributed by atoms with Gasteiger partial charge in [-0.25, -0.2) is 0 Å². The van der Waals surface area contributed by atoms with E-state index in [1.807, 2.05) is 0 Å².